The first kappa shape index (κ1) is 23.9. The van der Waals surface area contributed by atoms with Crippen LogP contribution in [0.2, 0.25) is 0 Å². The summed E-state index contributed by atoms with van der Waals surface area (Å²) in [4.78, 5) is 26.6. The van der Waals surface area contributed by atoms with Crippen LogP contribution < -0.4 is 4.74 Å². The summed E-state index contributed by atoms with van der Waals surface area (Å²) in [5.41, 5.74) is 0.578. The van der Waals surface area contributed by atoms with Crippen molar-refractivity contribution in [1.29, 1.82) is 0 Å². The largest absolute Gasteiger partial charge is 0.497 e. The summed E-state index contributed by atoms with van der Waals surface area (Å²) in [5.74, 6) is 0.0527. The number of carbonyl (C=O) groups is 2. The molecule has 1 heterocycles. The van der Waals surface area contributed by atoms with Crippen LogP contribution in [0.25, 0.3) is 0 Å². The molecule has 1 amide bonds. The van der Waals surface area contributed by atoms with Gasteiger partial charge in [0.1, 0.15) is 11.6 Å². The number of hydrogen-bond acceptors (Lipinski definition) is 5. The van der Waals surface area contributed by atoms with Gasteiger partial charge < -0.3 is 9.64 Å². The van der Waals surface area contributed by atoms with Gasteiger partial charge in [0.2, 0.25) is 15.9 Å². The van der Waals surface area contributed by atoms with E-state index in [0.29, 0.717) is 37.2 Å². The third-order valence-corrected chi connectivity index (χ3v) is 7.38. The van der Waals surface area contributed by atoms with Crippen LogP contribution in [0.3, 0.4) is 0 Å². The molecule has 0 N–H and O–H groups in total. The van der Waals surface area contributed by atoms with Crippen LogP contribution >= 0.6 is 0 Å². The first-order valence-electron chi connectivity index (χ1n) is 10.5. The van der Waals surface area contributed by atoms with Crippen LogP contribution in [0.5, 0.6) is 5.75 Å². The van der Waals surface area contributed by atoms with Gasteiger partial charge in [0.25, 0.3) is 0 Å². The minimum atomic E-state index is -3.74. The van der Waals surface area contributed by atoms with Gasteiger partial charge in [-0.05, 0) is 61.4 Å². The quantitative estimate of drug-likeness (QED) is 0.563. The van der Waals surface area contributed by atoms with E-state index in [1.807, 2.05) is 0 Å². The number of rotatable bonds is 8. The summed E-state index contributed by atoms with van der Waals surface area (Å²) in [6.45, 7) is 1.21. The molecule has 172 valence electrons. The number of halogens is 1. The third-order valence-electron chi connectivity index (χ3n) is 5.47. The Morgan fingerprint density at radius 2 is 1.62 bits per heavy atom. The van der Waals surface area contributed by atoms with E-state index in [9.17, 15) is 22.4 Å². The van der Waals surface area contributed by atoms with Crippen LogP contribution in [0.1, 0.15) is 36.0 Å². The molecular formula is C23H27FN2O5S. The molecule has 32 heavy (non-hydrogen) atoms. The second-order valence-corrected chi connectivity index (χ2v) is 9.54. The van der Waals surface area contributed by atoms with Gasteiger partial charge in [-0.1, -0.05) is 0 Å². The number of benzene rings is 2. The van der Waals surface area contributed by atoms with Crippen LogP contribution in [0.15, 0.2) is 53.4 Å². The van der Waals surface area contributed by atoms with Crippen molar-refractivity contribution in [2.75, 3.05) is 33.3 Å². The van der Waals surface area contributed by atoms with Crippen molar-refractivity contribution >= 4 is 21.7 Å². The van der Waals surface area contributed by atoms with E-state index in [4.69, 9.17) is 4.74 Å². The maximum atomic E-state index is 13.1. The zero-order valence-electron chi connectivity index (χ0n) is 18.0. The minimum Gasteiger partial charge on any atom is -0.497 e. The molecule has 9 heteroatoms. The molecule has 1 fully saturated rings. The first-order valence-corrected chi connectivity index (χ1v) is 12.0. The van der Waals surface area contributed by atoms with Gasteiger partial charge >= 0.3 is 0 Å². The number of Topliss-reactive ketones (excluding diaryl/α,β-unsaturated/α-hetero) is 1. The average molecular weight is 463 g/mol. The Labute approximate surface area is 187 Å². The van der Waals surface area contributed by atoms with Crippen LogP contribution in [-0.2, 0) is 14.8 Å². The zero-order valence-corrected chi connectivity index (χ0v) is 18.8. The van der Waals surface area contributed by atoms with E-state index in [2.05, 4.69) is 0 Å². The van der Waals surface area contributed by atoms with Crippen molar-refractivity contribution in [2.45, 2.75) is 30.6 Å². The first-order chi connectivity index (χ1) is 15.3. The molecule has 0 bridgehead atoms. The van der Waals surface area contributed by atoms with Gasteiger partial charge in [0.15, 0.2) is 5.78 Å². The van der Waals surface area contributed by atoms with Gasteiger partial charge in [0, 0.05) is 44.6 Å². The molecule has 0 unspecified atom stereocenters. The highest BCUT2D eigenvalue weighted by molar-refractivity contribution is 7.89. The normalized spacial score (nSPS) is 15.2. The van der Waals surface area contributed by atoms with E-state index in [1.165, 1.54) is 16.4 Å². The van der Waals surface area contributed by atoms with E-state index in [-0.39, 0.29) is 42.5 Å². The lowest BCUT2D eigenvalue weighted by molar-refractivity contribution is -0.131. The van der Waals surface area contributed by atoms with Crippen molar-refractivity contribution in [3.63, 3.8) is 0 Å². The molecule has 1 aliphatic rings. The fraction of sp³-hybridized carbons (Fsp3) is 0.391. The van der Waals surface area contributed by atoms with Crippen molar-refractivity contribution in [3.8, 4) is 5.75 Å². The zero-order chi connectivity index (χ0) is 23.1. The number of hydrogen-bond donors (Lipinski definition) is 0. The molecular weight excluding hydrogens is 435 g/mol. The second-order valence-electron chi connectivity index (χ2n) is 7.60. The Kier molecular flexibility index (Phi) is 7.98. The van der Waals surface area contributed by atoms with Crippen LogP contribution in [0, 0.1) is 5.82 Å². The highest BCUT2D eigenvalue weighted by atomic mass is 32.2. The lowest BCUT2D eigenvalue weighted by Gasteiger charge is -2.22. The highest BCUT2D eigenvalue weighted by Gasteiger charge is 2.28. The molecule has 0 radical (unpaired) electrons. The van der Waals surface area contributed by atoms with E-state index in [0.717, 1.165) is 12.1 Å². The summed E-state index contributed by atoms with van der Waals surface area (Å²) in [6.07, 6.45) is 1.43. The maximum absolute atomic E-state index is 13.1. The monoisotopic (exact) mass is 462 g/mol. The number of carbonyl (C=O) groups excluding carboxylic acids is 2. The number of nitrogens with zero attached hydrogens (tertiary/aromatic N) is 2. The fourth-order valence-electron chi connectivity index (χ4n) is 3.62. The minimum absolute atomic E-state index is 0.0344. The smallest absolute Gasteiger partial charge is 0.243 e. The highest BCUT2D eigenvalue weighted by Crippen LogP contribution is 2.19. The Morgan fingerprint density at radius 1 is 0.938 bits per heavy atom. The van der Waals surface area contributed by atoms with Crippen molar-refractivity contribution < 1.29 is 27.1 Å². The van der Waals surface area contributed by atoms with Gasteiger partial charge in [-0.25, -0.2) is 12.8 Å². The van der Waals surface area contributed by atoms with Gasteiger partial charge in [-0.3, -0.25) is 9.59 Å². The number of sulfonamides is 1. The Morgan fingerprint density at radius 3 is 2.28 bits per heavy atom. The number of amides is 1. The van der Waals surface area contributed by atoms with E-state index >= 15 is 0 Å². The summed E-state index contributed by atoms with van der Waals surface area (Å²) < 4.78 is 45.1. The van der Waals surface area contributed by atoms with E-state index < -0.39 is 15.8 Å². The Bertz CT molecular complexity index is 1040. The molecule has 2 aromatic carbocycles. The predicted molar refractivity (Wildman–Crippen MR) is 118 cm³/mol. The second kappa shape index (κ2) is 10.7. The lowest BCUT2D eigenvalue weighted by atomic mass is 10.1. The lowest BCUT2D eigenvalue weighted by Crippen LogP contribution is -2.37. The molecule has 0 aliphatic carbocycles. The Balaban J connectivity index is 1.49. The molecule has 2 aromatic rings. The average Bonchev–Trinajstić information content (AvgIpc) is 3.06. The van der Waals surface area contributed by atoms with Gasteiger partial charge in [-0.15, -0.1) is 0 Å². The van der Waals surface area contributed by atoms with Crippen LogP contribution in [0.4, 0.5) is 4.39 Å². The molecule has 0 atom stereocenters. The fourth-order valence-corrected chi connectivity index (χ4v) is 5.09. The summed E-state index contributed by atoms with van der Waals surface area (Å²) in [7, 11) is -2.18. The van der Waals surface area contributed by atoms with Gasteiger partial charge in [-0.2, -0.15) is 4.31 Å². The molecule has 0 saturated carbocycles. The Hall–Kier alpha value is -2.78. The number of ketones is 1. The molecule has 1 saturated heterocycles. The van der Waals surface area contributed by atoms with Crippen molar-refractivity contribution in [2.24, 2.45) is 0 Å². The van der Waals surface area contributed by atoms with Crippen molar-refractivity contribution in [3.05, 3.63) is 59.9 Å². The van der Waals surface area contributed by atoms with Crippen molar-refractivity contribution in [1.82, 2.24) is 9.21 Å². The van der Waals surface area contributed by atoms with Crippen LogP contribution in [-0.4, -0.2) is 62.6 Å². The topological polar surface area (TPSA) is 84.0 Å². The summed E-state index contributed by atoms with van der Waals surface area (Å²) >= 11 is 0. The standard InChI is InChI=1S/C23H27FN2O5S/c1-31-20-10-6-18(7-11-20)22(27)4-2-5-23(28)25-14-3-15-26(17-16-25)32(29,30)21-12-8-19(24)9-13-21/h6-13H,2-5,14-17H2,1H3. The molecule has 7 nitrogen and oxygen atoms in total. The predicted octanol–water partition coefficient (Wildman–Crippen LogP) is 3.11. The number of ether oxygens (including phenoxy) is 1. The third kappa shape index (κ3) is 5.92. The molecule has 1 aliphatic heterocycles. The molecule has 0 spiro atoms. The summed E-state index contributed by atoms with van der Waals surface area (Å²) in [6, 6.07) is 11.6. The van der Waals surface area contributed by atoms with E-state index in [1.54, 1.807) is 36.3 Å². The number of methoxy groups -OCH3 is 1. The molecule has 3 rings (SSSR count). The molecule has 0 aromatic heterocycles. The maximum Gasteiger partial charge on any atom is 0.243 e. The van der Waals surface area contributed by atoms with Gasteiger partial charge in [0.05, 0.1) is 12.0 Å². The summed E-state index contributed by atoms with van der Waals surface area (Å²) in [5, 5.41) is 0. The SMILES string of the molecule is COc1ccc(C(=O)CCCC(=O)N2CCCN(S(=O)(=O)c3ccc(F)cc3)CC2)cc1.